The number of hydrogen-bond donors (Lipinski definition) is 2. The first kappa shape index (κ1) is 12.8. The third-order valence-electron chi connectivity index (χ3n) is 3.47. The Bertz CT molecular complexity index is 714. The van der Waals surface area contributed by atoms with Crippen LogP contribution in [0, 0.1) is 0 Å². The van der Waals surface area contributed by atoms with Crippen LogP contribution in [0.3, 0.4) is 0 Å². The number of thioether (sulfide) groups is 1. The molecule has 3 aromatic rings. The molecule has 21 heavy (non-hydrogen) atoms. The Kier molecular flexibility index (Phi) is 3.36. The van der Waals surface area contributed by atoms with Crippen molar-refractivity contribution in [3.63, 3.8) is 0 Å². The first-order valence-corrected chi connectivity index (χ1v) is 8.11. The van der Waals surface area contributed by atoms with E-state index in [1.807, 2.05) is 36.0 Å². The topological polar surface area (TPSA) is 79.6 Å². The largest absolute Gasteiger partial charge is 0.342 e. The highest BCUT2D eigenvalue weighted by atomic mass is 32.2. The lowest BCUT2D eigenvalue weighted by Gasteiger charge is -2.19. The van der Waals surface area contributed by atoms with Gasteiger partial charge in [-0.2, -0.15) is 16.7 Å². The average Bonchev–Trinajstić information content (AvgIpc) is 3.14. The second-order valence-corrected chi connectivity index (χ2v) is 6.16. The molecular formula is C14H15N5OS. The molecule has 2 N–H and O–H groups in total. The summed E-state index contributed by atoms with van der Waals surface area (Å²) in [6, 6.07) is 8.13. The number of H-pyrrole nitrogens is 1. The number of para-hydroxylation sites is 2. The van der Waals surface area contributed by atoms with Crippen molar-refractivity contribution in [2.45, 2.75) is 12.5 Å². The van der Waals surface area contributed by atoms with Crippen LogP contribution >= 0.6 is 11.8 Å². The Balaban J connectivity index is 1.52. The predicted octanol–water partition coefficient (Wildman–Crippen LogP) is 1.91. The molecule has 0 radical (unpaired) electrons. The fourth-order valence-electron chi connectivity index (χ4n) is 2.44. The van der Waals surface area contributed by atoms with Crippen LogP contribution in [0.15, 0.2) is 28.8 Å². The minimum atomic E-state index is 0.167. The third-order valence-corrected chi connectivity index (χ3v) is 4.53. The Morgan fingerprint density at radius 3 is 3.10 bits per heavy atom. The van der Waals surface area contributed by atoms with Crippen molar-refractivity contribution in [1.29, 1.82) is 0 Å². The van der Waals surface area contributed by atoms with Gasteiger partial charge in [0, 0.05) is 18.1 Å². The van der Waals surface area contributed by atoms with E-state index >= 15 is 0 Å². The Morgan fingerprint density at radius 1 is 1.29 bits per heavy atom. The summed E-state index contributed by atoms with van der Waals surface area (Å²) in [5, 5.41) is 7.46. The molecule has 1 unspecified atom stereocenters. The fourth-order valence-corrected chi connectivity index (χ4v) is 3.37. The number of aromatic nitrogens is 4. The second kappa shape index (κ2) is 5.50. The van der Waals surface area contributed by atoms with E-state index < -0.39 is 0 Å². The Labute approximate surface area is 125 Å². The monoisotopic (exact) mass is 301 g/mol. The molecule has 4 rings (SSSR count). The molecule has 0 bridgehead atoms. The third kappa shape index (κ3) is 2.66. The summed E-state index contributed by atoms with van der Waals surface area (Å²) in [5.74, 6) is 4.31. The molecule has 1 aliphatic heterocycles. The fraction of sp³-hybridized carbons (Fsp3) is 0.357. The van der Waals surface area contributed by atoms with Crippen molar-refractivity contribution in [3.8, 4) is 0 Å². The molecule has 2 aromatic heterocycles. The SMILES string of the molecule is c1ccc2[nH]c(Cc3noc(C4CSCCN4)n3)nc2c1. The second-order valence-electron chi connectivity index (χ2n) is 5.01. The van der Waals surface area contributed by atoms with Gasteiger partial charge in [0.1, 0.15) is 5.82 Å². The highest BCUT2D eigenvalue weighted by molar-refractivity contribution is 7.99. The van der Waals surface area contributed by atoms with Crippen molar-refractivity contribution in [3.05, 3.63) is 41.8 Å². The maximum Gasteiger partial charge on any atom is 0.244 e. The number of aromatic amines is 1. The molecule has 1 fully saturated rings. The van der Waals surface area contributed by atoms with Crippen LogP contribution in [0.2, 0.25) is 0 Å². The number of nitrogens with zero attached hydrogens (tertiary/aromatic N) is 3. The maximum absolute atomic E-state index is 5.37. The van der Waals surface area contributed by atoms with Crippen molar-refractivity contribution in [2.75, 3.05) is 18.1 Å². The summed E-state index contributed by atoms with van der Waals surface area (Å²) >= 11 is 1.91. The van der Waals surface area contributed by atoms with Gasteiger partial charge in [-0.25, -0.2) is 4.98 Å². The van der Waals surface area contributed by atoms with Crippen LogP contribution in [0.5, 0.6) is 0 Å². The van der Waals surface area contributed by atoms with Gasteiger partial charge in [0.05, 0.1) is 23.5 Å². The number of benzene rings is 1. The van der Waals surface area contributed by atoms with Gasteiger partial charge in [-0.15, -0.1) is 0 Å². The van der Waals surface area contributed by atoms with E-state index in [1.54, 1.807) is 0 Å². The molecule has 1 aromatic carbocycles. The van der Waals surface area contributed by atoms with Crippen molar-refractivity contribution >= 4 is 22.8 Å². The number of imidazole rings is 1. The molecule has 1 atom stereocenters. The Hall–Kier alpha value is -1.86. The van der Waals surface area contributed by atoms with Gasteiger partial charge >= 0.3 is 0 Å². The molecule has 7 heteroatoms. The molecule has 0 saturated carbocycles. The molecular weight excluding hydrogens is 286 g/mol. The van der Waals surface area contributed by atoms with Gasteiger partial charge in [0.25, 0.3) is 0 Å². The molecule has 3 heterocycles. The molecule has 0 amide bonds. The van der Waals surface area contributed by atoms with Gasteiger partial charge in [-0.3, -0.25) is 0 Å². The zero-order valence-corrected chi connectivity index (χ0v) is 12.2. The van der Waals surface area contributed by atoms with Crippen molar-refractivity contribution < 1.29 is 4.52 Å². The molecule has 1 aliphatic rings. The highest BCUT2D eigenvalue weighted by Gasteiger charge is 2.21. The quantitative estimate of drug-likeness (QED) is 0.769. The summed E-state index contributed by atoms with van der Waals surface area (Å²) in [7, 11) is 0. The van der Waals surface area contributed by atoms with E-state index in [0.29, 0.717) is 18.1 Å². The van der Waals surface area contributed by atoms with Crippen LogP contribution in [0.4, 0.5) is 0 Å². The normalized spacial score (nSPS) is 19.1. The van der Waals surface area contributed by atoms with E-state index in [9.17, 15) is 0 Å². The van der Waals surface area contributed by atoms with Gasteiger partial charge in [-0.1, -0.05) is 17.3 Å². The van der Waals surface area contributed by atoms with Crippen molar-refractivity contribution in [2.24, 2.45) is 0 Å². The molecule has 0 aliphatic carbocycles. The predicted molar refractivity (Wildman–Crippen MR) is 81.3 cm³/mol. The van der Waals surface area contributed by atoms with E-state index in [4.69, 9.17) is 4.52 Å². The maximum atomic E-state index is 5.37. The van der Waals surface area contributed by atoms with Gasteiger partial charge in [0.15, 0.2) is 5.82 Å². The lowest BCUT2D eigenvalue weighted by Crippen LogP contribution is -2.30. The van der Waals surface area contributed by atoms with E-state index in [1.165, 1.54) is 0 Å². The summed E-state index contributed by atoms with van der Waals surface area (Å²) < 4.78 is 5.37. The standard InChI is InChI=1S/C14H15N5OS/c1-2-4-10-9(3-1)16-12(17-10)7-13-18-14(20-19-13)11-8-21-6-5-15-11/h1-4,11,15H,5-8H2,(H,16,17). The minimum absolute atomic E-state index is 0.167. The first-order chi connectivity index (χ1) is 10.4. The van der Waals surface area contributed by atoms with Crippen LogP contribution in [0.25, 0.3) is 11.0 Å². The number of fused-ring (bicyclic) bond motifs is 1. The summed E-state index contributed by atoms with van der Waals surface area (Å²) in [5.41, 5.74) is 1.99. The summed E-state index contributed by atoms with van der Waals surface area (Å²) in [4.78, 5) is 12.3. The average molecular weight is 301 g/mol. The van der Waals surface area contributed by atoms with E-state index in [-0.39, 0.29) is 6.04 Å². The molecule has 0 spiro atoms. The van der Waals surface area contributed by atoms with Crippen molar-refractivity contribution in [1.82, 2.24) is 25.4 Å². The summed E-state index contributed by atoms with van der Waals surface area (Å²) in [6.45, 7) is 0.983. The van der Waals surface area contributed by atoms with E-state index in [2.05, 4.69) is 25.4 Å². The molecule has 6 nitrogen and oxygen atoms in total. The van der Waals surface area contributed by atoms with Gasteiger partial charge in [0.2, 0.25) is 5.89 Å². The van der Waals surface area contributed by atoms with Gasteiger partial charge < -0.3 is 14.8 Å². The molecule has 1 saturated heterocycles. The zero-order valence-electron chi connectivity index (χ0n) is 11.4. The van der Waals surface area contributed by atoms with Crippen LogP contribution in [-0.2, 0) is 6.42 Å². The Morgan fingerprint density at radius 2 is 2.24 bits per heavy atom. The smallest absolute Gasteiger partial charge is 0.244 e. The summed E-state index contributed by atoms with van der Waals surface area (Å²) in [6.07, 6.45) is 0.554. The van der Waals surface area contributed by atoms with E-state index in [0.717, 1.165) is 34.9 Å². The minimum Gasteiger partial charge on any atom is -0.342 e. The number of hydrogen-bond acceptors (Lipinski definition) is 6. The highest BCUT2D eigenvalue weighted by Crippen LogP contribution is 2.21. The van der Waals surface area contributed by atoms with Crippen LogP contribution in [-0.4, -0.2) is 38.2 Å². The number of rotatable bonds is 3. The van der Waals surface area contributed by atoms with Crippen LogP contribution in [0.1, 0.15) is 23.6 Å². The number of nitrogens with one attached hydrogen (secondary N) is 2. The molecule has 108 valence electrons. The lowest BCUT2D eigenvalue weighted by atomic mass is 10.3. The van der Waals surface area contributed by atoms with Gasteiger partial charge in [-0.05, 0) is 12.1 Å². The zero-order chi connectivity index (χ0) is 14.1. The van der Waals surface area contributed by atoms with Crippen LogP contribution < -0.4 is 5.32 Å². The lowest BCUT2D eigenvalue weighted by molar-refractivity contribution is 0.339. The first-order valence-electron chi connectivity index (χ1n) is 6.96.